The lowest BCUT2D eigenvalue weighted by Gasteiger charge is -2.14. The van der Waals surface area contributed by atoms with E-state index < -0.39 is 11.9 Å². The minimum Gasteiger partial charge on any atom is -0.368 e. The summed E-state index contributed by atoms with van der Waals surface area (Å²) in [6, 6.07) is -0.538. The molecule has 5 nitrogen and oxygen atoms in total. The highest BCUT2D eigenvalue weighted by Crippen LogP contribution is 2.15. The van der Waals surface area contributed by atoms with Gasteiger partial charge in [0.2, 0.25) is 5.91 Å². The maximum atomic E-state index is 10.6. The summed E-state index contributed by atoms with van der Waals surface area (Å²) >= 11 is 0. The molecule has 0 aromatic rings. The van der Waals surface area contributed by atoms with Crippen LogP contribution in [0.15, 0.2) is 0 Å². The van der Waals surface area contributed by atoms with E-state index in [1.165, 1.54) is 0 Å². The lowest BCUT2D eigenvalue weighted by molar-refractivity contribution is -0.120. The Kier molecular flexibility index (Phi) is 2.43. The topological polar surface area (TPSA) is 98.4 Å². The second kappa shape index (κ2) is 3.17. The summed E-state index contributed by atoms with van der Waals surface area (Å²) in [5.74, 6) is 5.19. The van der Waals surface area contributed by atoms with Crippen LogP contribution in [0.3, 0.4) is 0 Å². The molecule has 2 unspecified atom stereocenters. The molecule has 1 saturated heterocycles. The van der Waals surface area contributed by atoms with E-state index in [2.05, 4.69) is 0 Å². The van der Waals surface area contributed by atoms with Crippen molar-refractivity contribution in [2.24, 2.45) is 23.2 Å². The largest absolute Gasteiger partial charge is 0.368 e. The first-order chi connectivity index (χ1) is 5.11. The average molecular weight is 158 g/mol. The first-order valence-corrected chi connectivity index (χ1v) is 3.66. The summed E-state index contributed by atoms with van der Waals surface area (Å²) in [6.07, 6.45) is 0.862. The fraction of sp³-hybridized carbons (Fsp3) is 0.833. The summed E-state index contributed by atoms with van der Waals surface area (Å²) in [5, 5.41) is 1.66. The standard InChI is InChI=1S/C6H14N4O/c7-5(6(8)11)4-1-2-10(9)3-4/h4-5H,1-3,7,9H2,(H2,8,11). The molecule has 1 heterocycles. The van der Waals surface area contributed by atoms with Gasteiger partial charge in [0.25, 0.3) is 0 Å². The van der Waals surface area contributed by atoms with Crippen LogP contribution < -0.4 is 17.3 Å². The number of rotatable bonds is 2. The highest BCUT2D eigenvalue weighted by atomic mass is 16.1. The number of carbonyl (C=O) groups excluding carboxylic acids is 1. The van der Waals surface area contributed by atoms with Gasteiger partial charge in [-0.2, -0.15) is 0 Å². The minimum absolute atomic E-state index is 0.137. The van der Waals surface area contributed by atoms with E-state index in [0.717, 1.165) is 13.0 Å². The second-order valence-corrected chi connectivity index (χ2v) is 2.97. The van der Waals surface area contributed by atoms with Gasteiger partial charge in [-0.3, -0.25) is 10.6 Å². The van der Waals surface area contributed by atoms with Gasteiger partial charge < -0.3 is 11.5 Å². The van der Waals surface area contributed by atoms with E-state index in [4.69, 9.17) is 17.3 Å². The van der Waals surface area contributed by atoms with Gasteiger partial charge in [-0.15, -0.1) is 0 Å². The molecule has 1 fully saturated rings. The van der Waals surface area contributed by atoms with Crippen molar-refractivity contribution in [2.75, 3.05) is 13.1 Å². The van der Waals surface area contributed by atoms with Crippen molar-refractivity contribution in [2.45, 2.75) is 12.5 Å². The van der Waals surface area contributed by atoms with E-state index >= 15 is 0 Å². The Bertz CT molecular complexity index is 161. The van der Waals surface area contributed by atoms with Crippen molar-refractivity contribution in [3.05, 3.63) is 0 Å². The molecule has 0 saturated carbocycles. The molecule has 1 aliphatic rings. The molecule has 0 aliphatic carbocycles. The van der Waals surface area contributed by atoms with Crippen LogP contribution in [0.5, 0.6) is 0 Å². The molecule has 0 aromatic heterocycles. The molecular weight excluding hydrogens is 144 g/mol. The zero-order chi connectivity index (χ0) is 8.43. The molecule has 0 bridgehead atoms. The first-order valence-electron chi connectivity index (χ1n) is 3.66. The summed E-state index contributed by atoms with van der Waals surface area (Å²) in [6.45, 7) is 1.47. The molecule has 1 rings (SSSR count). The number of hydrogen-bond acceptors (Lipinski definition) is 4. The van der Waals surface area contributed by atoms with Gasteiger partial charge in [0.15, 0.2) is 0 Å². The van der Waals surface area contributed by atoms with Gasteiger partial charge in [0.05, 0.1) is 6.04 Å². The highest BCUT2D eigenvalue weighted by Gasteiger charge is 2.28. The lowest BCUT2D eigenvalue weighted by atomic mass is 10.00. The predicted octanol–water partition coefficient (Wildman–Crippen LogP) is -2.01. The van der Waals surface area contributed by atoms with E-state index in [1.807, 2.05) is 0 Å². The third-order valence-electron chi connectivity index (χ3n) is 2.09. The summed E-state index contributed by atoms with van der Waals surface area (Å²) in [7, 11) is 0. The molecule has 0 spiro atoms. The van der Waals surface area contributed by atoms with Crippen molar-refractivity contribution in [1.29, 1.82) is 0 Å². The summed E-state index contributed by atoms with van der Waals surface area (Å²) in [4.78, 5) is 10.6. The van der Waals surface area contributed by atoms with Gasteiger partial charge in [-0.05, 0) is 12.3 Å². The number of carbonyl (C=O) groups is 1. The lowest BCUT2D eigenvalue weighted by Crippen LogP contribution is -2.44. The van der Waals surface area contributed by atoms with Crippen LogP contribution in [0.1, 0.15) is 6.42 Å². The van der Waals surface area contributed by atoms with Crippen molar-refractivity contribution in [1.82, 2.24) is 5.01 Å². The second-order valence-electron chi connectivity index (χ2n) is 2.97. The zero-order valence-electron chi connectivity index (χ0n) is 6.36. The van der Waals surface area contributed by atoms with Crippen molar-refractivity contribution in [3.8, 4) is 0 Å². The van der Waals surface area contributed by atoms with E-state index in [-0.39, 0.29) is 5.92 Å². The Hall–Kier alpha value is -0.650. The fourth-order valence-corrected chi connectivity index (χ4v) is 1.34. The quantitative estimate of drug-likeness (QED) is 0.404. The molecule has 5 heteroatoms. The SMILES string of the molecule is NC(=O)C(N)C1CCN(N)C1. The van der Waals surface area contributed by atoms with Gasteiger partial charge in [0.1, 0.15) is 0 Å². The summed E-state index contributed by atoms with van der Waals surface area (Å²) < 4.78 is 0. The molecule has 1 amide bonds. The van der Waals surface area contributed by atoms with Crippen LogP contribution in [0, 0.1) is 5.92 Å². The van der Waals surface area contributed by atoms with Crippen LogP contribution in [-0.2, 0) is 4.79 Å². The monoisotopic (exact) mass is 158 g/mol. The number of hydrogen-bond donors (Lipinski definition) is 3. The van der Waals surface area contributed by atoms with Crippen LogP contribution >= 0.6 is 0 Å². The minimum atomic E-state index is -0.538. The van der Waals surface area contributed by atoms with Gasteiger partial charge in [-0.1, -0.05) is 0 Å². The maximum absolute atomic E-state index is 10.6. The molecular formula is C6H14N4O. The number of primary amides is 1. The van der Waals surface area contributed by atoms with Gasteiger partial charge in [0, 0.05) is 13.1 Å². The Morgan fingerprint density at radius 3 is 2.64 bits per heavy atom. The fourth-order valence-electron chi connectivity index (χ4n) is 1.34. The molecule has 6 N–H and O–H groups in total. The Morgan fingerprint density at radius 1 is 1.64 bits per heavy atom. The number of hydrazine groups is 1. The van der Waals surface area contributed by atoms with Crippen LogP contribution in [0.25, 0.3) is 0 Å². The first kappa shape index (κ1) is 8.45. The van der Waals surface area contributed by atoms with E-state index in [0.29, 0.717) is 6.54 Å². The van der Waals surface area contributed by atoms with Crippen molar-refractivity contribution < 1.29 is 4.79 Å². The third kappa shape index (κ3) is 1.89. The van der Waals surface area contributed by atoms with Gasteiger partial charge in [-0.25, -0.2) is 5.01 Å². The smallest absolute Gasteiger partial charge is 0.234 e. The van der Waals surface area contributed by atoms with Crippen LogP contribution in [0.4, 0.5) is 0 Å². The summed E-state index contributed by atoms with van der Waals surface area (Å²) in [5.41, 5.74) is 10.6. The predicted molar refractivity (Wildman–Crippen MR) is 41.0 cm³/mol. The highest BCUT2D eigenvalue weighted by molar-refractivity contribution is 5.79. The average Bonchev–Trinajstić information content (AvgIpc) is 2.34. The van der Waals surface area contributed by atoms with Gasteiger partial charge >= 0.3 is 0 Å². The van der Waals surface area contributed by atoms with E-state index in [9.17, 15) is 4.79 Å². The molecule has 64 valence electrons. The molecule has 1 aliphatic heterocycles. The number of amides is 1. The Labute approximate surface area is 65.5 Å². The third-order valence-corrected chi connectivity index (χ3v) is 2.09. The van der Waals surface area contributed by atoms with Crippen LogP contribution in [0.2, 0.25) is 0 Å². The molecule has 11 heavy (non-hydrogen) atoms. The normalized spacial score (nSPS) is 28.7. The van der Waals surface area contributed by atoms with Crippen molar-refractivity contribution in [3.63, 3.8) is 0 Å². The van der Waals surface area contributed by atoms with Crippen molar-refractivity contribution >= 4 is 5.91 Å². The Morgan fingerprint density at radius 2 is 2.27 bits per heavy atom. The molecule has 2 atom stereocenters. The Balaban J connectivity index is 2.43. The molecule has 0 radical (unpaired) electrons. The number of nitrogens with zero attached hydrogens (tertiary/aromatic N) is 1. The maximum Gasteiger partial charge on any atom is 0.234 e. The van der Waals surface area contributed by atoms with E-state index in [1.54, 1.807) is 5.01 Å². The molecule has 0 aromatic carbocycles. The van der Waals surface area contributed by atoms with Crippen LogP contribution in [-0.4, -0.2) is 30.0 Å². The number of nitrogens with two attached hydrogens (primary N) is 3. The zero-order valence-corrected chi connectivity index (χ0v) is 6.36.